The van der Waals surface area contributed by atoms with Gasteiger partial charge in [-0.15, -0.1) is 0 Å². The number of amides is 3. The predicted molar refractivity (Wildman–Crippen MR) is 81.8 cm³/mol. The zero-order valence-electron chi connectivity index (χ0n) is 12.8. The Kier molecular flexibility index (Phi) is 4.63. The highest BCUT2D eigenvalue weighted by Gasteiger charge is 2.38. The molecule has 5 heteroatoms. The van der Waals surface area contributed by atoms with Crippen LogP contribution in [0.25, 0.3) is 0 Å². The Morgan fingerprint density at radius 1 is 1.33 bits per heavy atom. The van der Waals surface area contributed by atoms with Crippen molar-refractivity contribution >= 4 is 11.9 Å². The van der Waals surface area contributed by atoms with Gasteiger partial charge < -0.3 is 11.1 Å². The van der Waals surface area contributed by atoms with E-state index in [-0.39, 0.29) is 24.5 Å². The first-order valence-corrected chi connectivity index (χ1v) is 7.38. The van der Waals surface area contributed by atoms with Crippen LogP contribution in [0.4, 0.5) is 4.79 Å². The van der Waals surface area contributed by atoms with E-state index < -0.39 is 6.04 Å². The third-order valence-corrected chi connectivity index (χ3v) is 3.89. The van der Waals surface area contributed by atoms with E-state index in [1.165, 1.54) is 10.5 Å². The largest absolute Gasteiger partial charge is 0.326 e. The van der Waals surface area contributed by atoms with Crippen molar-refractivity contribution in [3.8, 4) is 0 Å². The molecule has 1 aliphatic heterocycles. The Labute approximate surface area is 125 Å². The van der Waals surface area contributed by atoms with Crippen LogP contribution in [0.15, 0.2) is 18.2 Å². The summed E-state index contributed by atoms with van der Waals surface area (Å²) < 4.78 is 0. The van der Waals surface area contributed by atoms with Crippen molar-refractivity contribution in [1.82, 2.24) is 10.2 Å². The molecule has 3 N–H and O–H groups in total. The Bertz CT molecular complexity index is 556. The quantitative estimate of drug-likeness (QED) is 0.814. The molecule has 5 nitrogen and oxygen atoms in total. The van der Waals surface area contributed by atoms with Crippen LogP contribution in [0.3, 0.4) is 0 Å². The van der Waals surface area contributed by atoms with E-state index in [4.69, 9.17) is 5.73 Å². The molecule has 0 spiro atoms. The molecule has 0 aromatic heterocycles. The number of nitrogens with zero attached hydrogens (tertiary/aromatic N) is 1. The van der Waals surface area contributed by atoms with Crippen LogP contribution in [0.2, 0.25) is 0 Å². The van der Waals surface area contributed by atoms with Crippen molar-refractivity contribution < 1.29 is 9.59 Å². The van der Waals surface area contributed by atoms with Crippen LogP contribution >= 0.6 is 0 Å². The van der Waals surface area contributed by atoms with Crippen molar-refractivity contribution in [1.29, 1.82) is 0 Å². The molecule has 21 heavy (non-hydrogen) atoms. The summed E-state index contributed by atoms with van der Waals surface area (Å²) in [7, 11) is 0. The van der Waals surface area contributed by atoms with Crippen molar-refractivity contribution in [3.05, 3.63) is 34.9 Å². The highest BCUT2D eigenvalue weighted by molar-refractivity contribution is 6.04. The summed E-state index contributed by atoms with van der Waals surface area (Å²) in [5.41, 5.74) is 9.42. The summed E-state index contributed by atoms with van der Waals surface area (Å²) in [4.78, 5) is 25.4. The Hall–Kier alpha value is -1.88. The first-order chi connectivity index (χ1) is 9.93. The molecule has 0 bridgehead atoms. The summed E-state index contributed by atoms with van der Waals surface area (Å²) in [5, 5.41) is 2.72. The smallest absolute Gasteiger partial charge is 0.324 e. The third kappa shape index (κ3) is 3.24. The standard InChI is InChI=1S/C16H23N3O2/c1-4-5-14-15(20)19(16(21)18-14)9-13(17)12-7-6-10(2)8-11(12)3/h6-8,13-14H,4-5,9,17H2,1-3H3,(H,18,21). The summed E-state index contributed by atoms with van der Waals surface area (Å²) in [6.45, 7) is 6.22. The number of nitrogens with one attached hydrogen (secondary N) is 1. The summed E-state index contributed by atoms with van der Waals surface area (Å²) in [5.74, 6) is -0.165. The highest BCUT2D eigenvalue weighted by atomic mass is 16.2. The number of benzene rings is 1. The van der Waals surface area contributed by atoms with E-state index in [9.17, 15) is 9.59 Å². The SMILES string of the molecule is CCCC1NC(=O)N(CC(N)c2ccc(C)cc2C)C1=O. The molecule has 1 fully saturated rings. The van der Waals surface area contributed by atoms with Gasteiger partial charge in [-0.2, -0.15) is 0 Å². The fraction of sp³-hybridized carbons (Fsp3) is 0.500. The van der Waals surface area contributed by atoms with E-state index in [2.05, 4.69) is 11.4 Å². The number of hydrogen-bond donors (Lipinski definition) is 2. The summed E-state index contributed by atoms with van der Waals surface area (Å²) >= 11 is 0. The number of carbonyl (C=O) groups excluding carboxylic acids is 2. The first kappa shape index (κ1) is 15.5. The Morgan fingerprint density at radius 2 is 2.05 bits per heavy atom. The molecule has 0 saturated carbocycles. The Morgan fingerprint density at radius 3 is 2.67 bits per heavy atom. The topological polar surface area (TPSA) is 75.4 Å². The zero-order valence-corrected chi connectivity index (χ0v) is 12.8. The van der Waals surface area contributed by atoms with Gasteiger partial charge in [0.15, 0.2) is 0 Å². The van der Waals surface area contributed by atoms with Crippen LogP contribution in [0, 0.1) is 13.8 Å². The molecule has 1 aromatic rings. The van der Waals surface area contributed by atoms with Crippen LogP contribution in [0.1, 0.15) is 42.5 Å². The molecule has 2 unspecified atom stereocenters. The predicted octanol–water partition coefficient (Wildman–Crippen LogP) is 2.02. The van der Waals surface area contributed by atoms with Crippen molar-refractivity contribution in [2.45, 2.75) is 45.7 Å². The maximum absolute atomic E-state index is 12.2. The van der Waals surface area contributed by atoms with Gasteiger partial charge in [-0.25, -0.2) is 4.79 Å². The van der Waals surface area contributed by atoms with Gasteiger partial charge in [0.25, 0.3) is 5.91 Å². The van der Waals surface area contributed by atoms with Gasteiger partial charge in [0.2, 0.25) is 0 Å². The molecule has 2 atom stereocenters. The molecular formula is C16H23N3O2. The van der Waals surface area contributed by atoms with Gasteiger partial charge >= 0.3 is 6.03 Å². The Balaban J connectivity index is 2.10. The minimum Gasteiger partial charge on any atom is -0.326 e. The second-order valence-corrected chi connectivity index (χ2v) is 5.71. The molecule has 2 rings (SSSR count). The van der Waals surface area contributed by atoms with Crippen molar-refractivity contribution in [2.24, 2.45) is 5.73 Å². The molecule has 1 heterocycles. The molecular weight excluding hydrogens is 266 g/mol. The first-order valence-electron chi connectivity index (χ1n) is 7.38. The lowest BCUT2D eigenvalue weighted by Gasteiger charge is -2.20. The van der Waals surface area contributed by atoms with Crippen LogP contribution in [-0.4, -0.2) is 29.4 Å². The van der Waals surface area contributed by atoms with Crippen molar-refractivity contribution in [3.63, 3.8) is 0 Å². The van der Waals surface area contributed by atoms with Gasteiger partial charge in [-0.3, -0.25) is 9.69 Å². The van der Waals surface area contributed by atoms with E-state index in [0.717, 1.165) is 17.5 Å². The monoisotopic (exact) mass is 289 g/mol. The molecule has 0 radical (unpaired) electrons. The van der Waals surface area contributed by atoms with Crippen LogP contribution in [0.5, 0.6) is 0 Å². The second kappa shape index (κ2) is 6.26. The van der Waals surface area contributed by atoms with E-state index in [0.29, 0.717) is 6.42 Å². The molecule has 1 aromatic carbocycles. The second-order valence-electron chi connectivity index (χ2n) is 5.71. The maximum Gasteiger partial charge on any atom is 0.324 e. The van der Waals surface area contributed by atoms with Gasteiger partial charge in [-0.1, -0.05) is 37.1 Å². The summed E-state index contributed by atoms with van der Waals surface area (Å²) in [6.07, 6.45) is 1.52. The lowest BCUT2D eigenvalue weighted by Crippen LogP contribution is -2.37. The lowest BCUT2D eigenvalue weighted by atomic mass is 9.99. The van der Waals surface area contributed by atoms with Gasteiger partial charge in [0.05, 0.1) is 0 Å². The number of hydrogen-bond acceptors (Lipinski definition) is 3. The van der Waals surface area contributed by atoms with Crippen molar-refractivity contribution in [2.75, 3.05) is 6.54 Å². The number of aryl methyl sites for hydroxylation is 2. The van der Waals surface area contributed by atoms with E-state index >= 15 is 0 Å². The maximum atomic E-state index is 12.2. The number of urea groups is 1. The fourth-order valence-corrected chi connectivity index (χ4v) is 2.77. The molecule has 1 saturated heterocycles. The summed E-state index contributed by atoms with van der Waals surface area (Å²) in [6, 6.07) is 4.93. The molecule has 114 valence electrons. The highest BCUT2D eigenvalue weighted by Crippen LogP contribution is 2.20. The van der Waals surface area contributed by atoms with Gasteiger partial charge in [0, 0.05) is 12.6 Å². The zero-order chi connectivity index (χ0) is 15.6. The average molecular weight is 289 g/mol. The van der Waals surface area contributed by atoms with Gasteiger partial charge in [-0.05, 0) is 31.4 Å². The molecule has 3 amide bonds. The van der Waals surface area contributed by atoms with E-state index in [1.54, 1.807) is 0 Å². The number of nitrogens with two attached hydrogens (primary N) is 1. The normalized spacial score (nSPS) is 19.8. The molecule has 1 aliphatic rings. The molecule has 0 aliphatic carbocycles. The fourth-order valence-electron chi connectivity index (χ4n) is 2.77. The van der Waals surface area contributed by atoms with Crippen LogP contribution in [-0.2, 0) is 4.79 Å². The number of rotatable bonds is 5. The minimum absolute atomic E-state index is 0.165. The minimum atomic E-state index is -0.395. The average Bonchev–Trinajstić information content (AvgIpc) is 2.67. The number of carbonyl (C=O) groups is 2. The van der Waals surface area contributed by atoms with E-state index in [1.807, 2.05) is 32.9 Å². The number of imide groups is 1. The van der Waals surface area contributed by atoms with Gasteiger partial charge in [0.1, 0.15) is 6.04 Å². The van der Waals surface area contributed by atoms with Crippen LogP contribution < -0.4 is 11.1 Å². The lowest BCUT2D eigenvalue weighted by molar-refractivity contribution is -0.127. The third-order valence-electron chi connectivity index (χ3n) is 3.89.